The first kappa shape index (κ1) is 32.7. The monoisotopic (exact) mass is 700 g/mol. The van der Waals surface area contributed by atoms with Crippen LogP contribution in [0.4, 0.5) is 0 Å². The number of carbonyl (C=O) groups excluding carboxylic acids is 2. The summed E-state index contributed by atoms with van der Waals surface area (Å²) in [4.78, 5) is 36.8. The molecule has 2 N–H and O–H groups in total. The lowest BCUT2D eigenvalue weighted by Gasteiger charge is -2.26. The number of benzene rings is 4. The molecule has 0 unspecified atom stereocenters. The van der Waals surface area contributed by atoms with E-state index in [-0.39, 0.29) is 11.8 Å². The van der Waals surface area contributed by atoms with Gasteiger partial charge in [0.25, 0.3) is 11.8 Å². The number of para-hydroxylation sites is 2. The van der Waals surface area contributed by atoms with E-state index < -0.39 is 5.41 Å². The highest BCUT2D eigenvalue weighted by Crippen LogP contribution is 2.32. The molecule has 0 bridgehead atoms. The van der Waals surface area contributed by atoms with Crippen molar-refractivity contribution in [2.75, 3.05) is 13.1 Å². The Hall–Kier alpha value is -4.20. The summed E-state index contributed by atoms with van der Waals surface area (Å²) >= 11 is 24.8. The van der Waals surface area contributed by atoms with E-state index in [0.29, 0.717) is 66.7 Å². The van der Waals surface area contributed by atoms with E-state index in [9.17, 15) is 9.59 Å². The summed E-state index contributed by atoms with van der Waals surface area (Å²) in [5.74, 6) is -0.508. The van der Waals surface area contributed by atoms with Crippen molar-refractivity contribution >= 4 is 80.0 Å². The number of aromatic nitrogens is 2. The number of nitrogens with zero attached hydrogens (tertiary/aromatic N) is 2. The van der Waals surface area contributed by atoms with Gasteiger partial charge in [-0.2, -0.15) is 0 Å². The fourth-order valence-electron chi connectivity index (χ4n) is 5.23. The largest absolute Gasteiger partial charge is 0.351 e. The summed E-state index contributed by atoms with van der Waals surface area (Å²) in [6, 6.07) is 29.0. The van der Waals surface area contributed by atoms with Crippen LogP contribution in [0.15, 0.2) is 97.1 Å². The van der Waals surface area contributed by atoms with Crippen molar-refractivity contribution in [3.63, 3.8) is 0 Å². The van der Waals surface area contributed by atoms with Gasteiger partial charge in [-0.05, 0) is 53.9 Å². The number of halogens is 4. The van der Waals surface area contributed by atoms with Crippen molar-refractivity contribution < 1.29 is 9.59 Å². The summed E-state index contributed by atoms with van der Waals surface area (Å²) in [6.45, 7) is 4.56. The Bertz CT molecular complexity index is 2030. The number of fused-ring (bicyclic) bond motifs is 2. The van der Waals surface area contributed by atoms with Gasteiger partial charge in [-0.15, -0.1) is 0 Å². The molecule has 10 heteroatoms. The van der Waals surface area contributed by atoms with E-state index in [1.165, 1.54) is 0 Å². The molecule has 0 aliphatic carbocycles. The molecule has 2 aromatic heterocycles. The highest BCUT2D eigenvalue weighted by molar-refractivity contribution is 6.42. The maximum atomic E-state index is 13.6. The average Bonchev–Trinajstić information content (AvgIpc) is 3.07. The minimum atomic E-state index is -0.490. The highest BCUT2D eigenvalue weighted by atomic mass is 35.5. The maximum Gasteiger partial charge on any atom is 0.252 e. The first-order valence-corrected chi connectivity index (χ1v) is 16.3. The summed E-state index contributed by atoms with van der Waals surface area (Å²) in [5, 5.41) is 9.26. The van der Waals surface area contributed by atoms with Gasteiger partial charge in [0.2, 0.25) is 0 Å². The Morgan fingerprint density at radius 3 is 1.38 bits per heavy atom. The van der Waals surface area contributed by atoms with Crippen LogP contribution in [0, 0.1) is 5.41 Å². The molecule has 0 spiro atoms. The van der Waals surface area contributed by atoms with Crippen LogP contribution >= 0.6 is 46.4 Å². The van der Waals surface area contributed by atoms with Gasteiger partial charge in [-0.1, -0.05) is 109 Å². The van der Waals surface area contributed by atoms with Crippen LogP contribution in [0.25, 0.3) is 44.3 Å². The van der Waals surface area contributed by atoms with Crippen LogP contribution in [-0.4, -0.2) is 34.9 Å². The van der Waals surface area contributed by atoms with E-state index in [4.69, 9.17) is 56.4 Å². The van der Waals surface area contributed by atoms with Crippen molar-refractivity contribution in [2.24, 2.45) is 5.41 Å². The zero-order valence-electron chi connectivity index (χ0n) is 25.4. The Labute approximate surface area is 292 Å². The summed E-state index contributed by atoms with van der Waals surface area (Å²) < 4.78 is 0. The van der Waals surface area contributed by atoms with Gasteiger partial charge in [-0.25, -0.2) is 9.97 Å². The van der Waals surface area contributed by atoms with Gasteiger partial charge in [0.1, 0.15) is 0 Å². The first-order chi connectivity index (χ1) is 22.5. The van der Waals surface area contributed by atoms with Crippen molar-refractivity contribution in [3.05, 3.63) is 128 Å². The summed E-state index contributed by atoms with van der Waals surface area (Å²) in [7, 11) is 0. The van der Waals surface area contributed by atoms with Crippen molar-refractivity contribution in [1.82, 2.24) is 20.6 Å². The third-order valence-corrected chi connectivity index (χ3v) is 9.29. The van der Waals surface area contributed by atoms with E-state index >= 15 is 0 Å². The zero-order chi connectivity index (χ0) is 33.3. The van der Waals surface area contributed by atoms with Gasteiger partial charge >= 0.3 is 0 Å². The molecule has 4 aromatic carbocycles. The van der Waals surface area contributed by atoms with E-state index in [0.717, 1.165) is 21.9 Å². The van der Waals surface area contributed by atoms with Gasteiger partial charge in [0.15, 0.2) is 0 Å². The SMILES string of the molecule is CC(C)(CNC(=O)c1cc(-c2ccc(Cl)c(Cl)c2)nc2ccccc12)CNC(=O)c1cc(-c2ccc(Cl)c(Cl)c2)nc2ccccc12. The second-order valence-electron chi connectivity index (χ2n) is 11.9. The van der Waals surface area contributed by atoms with E-state index in [1.807, 2.05) is 74.5 Å². The standard InChI is InChI=1S/C37H28Cl4N4O2/c1-37(2,19-42-35(46)25-17-33(21-11-13-27(38)29(40)15-21)44-31-9-5-3-7-23(25)31)20-43-36(47)26-18-34(22-12-14-28(39)30(41)16-22)45-32-10-6-4-8-24(26)32/h3-18H,19-20H2,1-2H3,(H,42,46)(H,43,47). The smallest absolute Gasteiger partial charge is 0.252 e. The predicted octanol–water partition coefficient (Wildman–Crippen LogP) is 9.92. The molecule has 0 aliphatic rings. The molecular formula is C37H28Cl4N4O2. The average molecular weight is 702 g/mol. The number of hydrogen-bond acceptors (Lipinski definition) is 4. The number of nitrogens with one attached hydrogen (secondary N) is 2. The molecule has 2 heterocycles. The topological polar surface area (TPSA) is 84.0 Å². The molecule has 6 nitrogen and oxygen atoms in total. The lowest BCUT2D eigenvalue weighted by molar-refractivity contribution is 0.0921. The third-order valence-electron chi connectivity index (χ3n) is 7.81. The Balaban J connectivity index is 1.20. The summed E-state index contributed by atoms with van der Waals surface area (Å²) in [6.07, 6.45) is 0. The second-order valence-corrected chi connectivity index (χ2v) is 13.6. The zero-order valence-corrected chi connectivity index (χ0v) is 28.4. The number of hydrogen-bond donors (Lipinski definition) is 2. The Morgan fingerprint density at radius 1 is 0.574 bits per heavy atom. The molecule has 0 radical (unpaired) electrons. The quantitative estimate of drug-likeness (QED) is 0.165. The fourth-order valence-corrected chi connectivity index (χ4v) is 5.82. The minimum absolute atomic E-state index is 0.254. The van der Waals surface area contributed by atoms with Crippen molar-refractivity contribution in [3.8, 4) is 22.5 Å². The maximum absolute atomic E-state index is 13.6. The lowest BCUT2D eigenvalue weighted by Crippen LogP contribution is -2.42. The third kappa shape index (κ3) is 7.21. The number of carbonyl (C=O) groups is 2. The lowest BCUT2D eigenvalue weighted by atomic mass is 9.92. The molecule has 0 saturated carbocycles. The molecule has 0 fully saturated rings. The molecule has 2 amide bonds. The summed E-state index contributed by atoms with van der Waals surface area (Å²) in [5.41, 5.74) is 4.52. The number of rotatable bonds is 8. The minimum Gasteiger partial charge on any atom is -0.351 e. The van der Waals surface area contributed by atoms with Crippen LogP contribution in [-0.2, 0) is 0 Å². The van der Waals surface area contributed by atoms with E-state index in [1.54, 1.807) is 36.4 Å². The molecular weight excluding hydrogens is 674 g/mol. The Kier molecular flexibility index (Phi) is 9.40. The van der Waals surface area contributed by atoms with Gasteiger partial charge < -0.3 is 10.6 Å². The van der Waals surface area contributed by atoms with Gasteiger partial charge in [0.05, 0.1) is 53.6 Å². The molecule has 0 atom stereocenters. The molecule has 236 valence electrons. The van der Waals surface area contributed by atoms with E-state index in [2.05, 4.69) is 10.6 Å². The van der Waals surface area contributed by atoms with Crippen molar-refractivity contribution in [1.29, 1.82) is 0 Å². The number of pyridine rings is 2. The molecule has 47 heavy (non-hydrogen) atoms. The highest BCUT2D eigenvalue weighted by Gasteiger charge is 2.23. The molecule has 0 saturated heterocycles. The number of amides is 2. The van der Waals surface area contributed by atoms with Crippen molar-refractivity contribution in [2.45, 2.75) is 13.8 Å². The van der Waals surface area contributed by atoms with Gasteiger partial charge in [-0.3, -0.25) is 9.59 Å². The van der Waals surface area contributed by atoms with Gasteiger partial charge in [0, 0.05) is 35.0 Å². The molecule has 0 aliphatic heterocycles. The van der Waals surface area contributed by atoms with Crippen LogP contribution in [0.3, 0.4) is 0 Å². The van der Waals surface area contributed by atoms with Crippen LogP contribution < -0.4 is 10.6 Å². The molecule has 6 aromatic rings. The second kappa shape index (κ2) is 13.5. The van der Waals surface area contributed by atoms with Crippen LogP contribution in [0.1, 0.15) is 34.6 Å². The van der Waals surface area contributed by atoms with Crippen LogP contribution in [0.2, 0.25) is 20.1 Å². The molecule has 6 rings (SSSR count). The Morgan fingerprint density at radius 2 is 0.979 bits per heavy atom. The predicted molar refractivity (Wildman–Crippen MR) is 193 cm³/mol. The first-order valence-electron chi connectivity index (χ1n) is 14.8. The van der Waals surface area contributed by atoms with Crippen LogP contribution in [0.5, 0.6) is 0 Å². The normalized spacial score (nSPS) is 11.5. The fraction of sp³-hybridized carbons (Fsp3) is 0.135.